The van der Waals surface area contributed by atoms with E-state index in [1.54, 1.807) is 6.20 Å². The highest BCUT2D eigenvalue weighted by Gasteiger charge is 2.29. The van der Waals surface area contributed by atoms with E-state index in [0.29, 0.717) is 17.1 Å². The summed E-state index contributed by atoms with van der Waals surface area (Å²) in [6.45, 7) is 2.18. The fourth-order valence-corrected chi connectivity index (χ4v) is 3.50. The van der Waals surface area contributed by atoms with Crippen molar-refractivity contribution in [3.8, 4) is 0 Å². The summed E-state index contributed by atoms with van der Waals surface area (Å²) in [5.74, 6) is 0.658. The van der Waals surface area contributed by atoms with Gasteiger partial charge in [-0.2, -0.15) is 0 Å². The van der Waals surface area contributed by atoms with Crippen molar-refractivity contribution in [2.24, 2.45) is 0 Å². The minimum Gasteiger partial charge on any atom is -0.356 e. The van der Waals surface area contributed by atoms with Gasteiger partial charge in [0.1, 0.15) is 11.3 Å². The zero-order chi connectivity index (χ0) is 15.8. The first-order valence-electron chi connectivity index (χ1n) is 8.01. The lowest BCUT2D eigenvalue weighted by Crippen LogP contribution is -2.38. The number of nitrogens with one attached hydrogen (secondary N) is 2. The van der Waals surface area contributed by atoms with Gasteiger partial charge in [-0.3, -0.25) is 0 Å². The summed E-state index contributed by atoms with van der Waals surface area (Å²) in [6, 6.07) is 11.1. The molecular formula is C18H20ClFN4. The van der Waals surface area contributed by atoms with Crippen LogP contribution in [0.4, 0.5) is 4.39 Å². The van der Waals surface area contributed by atoms with Crippen molar-refractivity contribution in [1.29, 1.82) is 0 Å². The Kier molecular flexibility index (Phi) is 4.83. The van der Waals surface area contributed by atoms with E-state index < -0.39 is 0 Å². The molecule has 1 fully saturated rings. The molecule has 0 amide bonds. The molecule has 3 atom stereocenters. The van der Waals surface area contributed by atoms with Gasteiger partial charge in [-0.15, -0.1) is 12.4 Å². The topological polar surface area (TPSA) is 53.6 Å². The number of nitrogens with zero attached hydrogens (tertiary/aromatic N) is 2. The van der Waals surface area contributed by atoms with E-state index in [0.717, 1.165) is 18.7 Å². The summed E-state index contributed by atoms with van der Waals surface area (Å²) in [6.07, 6.45) is 4.90. The predicted octanol–water partition coefficient (Wildman–Crippen LogP) is 4.12. The zero-order valence-corrected chi connectivity index (χ0v) is 14.2. The number of benzene rings is 1. The minimum absolute atomic E-state index is 0. The maximum atomic E-state index is 13.8. The van der Waals surface area contributed by atoms with Gasteiger partial charge in [-0.05, 0) is 25.3 Å². The number of fused-ring (bicyclic) bond motifs is 1. The van der Waals surface area contributed by atoms with Gasteiger partial charge in [-0.1, -0.05) is 30.3 Å². The lowest BCUT2D eigenvalue weighted by molar-refractivity contribution is 0.300. The Labute approximate surface area is 146 Å². The van der Waals surface area contributed by atoms with Crippen LogP contribution in [0.2, 0.25) is 0 Å². The van der Waals surface area contributed by atoms with Gasteiger partial charge in [0.15, 0.2) is 5.82 Å². The molecule has 2 N–H and O–H groups in total. The number of H-pyrrole nitrogens is 1. The molecule has 1 saturated heterocycles. The van der Waals surface area contributed by atoms with E-state index in [1.165, 1.54) is 11.8 Å². The van der Waals surface area contributed by atoms with Gasteiger partial charge in [0.05, 0.1) is 11.7 Å². The number of hydrogen-bond acceptors (Lipinski definition) is 3. The lowest BCUT2D eigenvalue weighted by Gasteiger charge is -2.34. The third-order valence-corrected chi connectivity index (χ3v) is 4.60. The average Bonchev–Trinajstić information content (AvgIpc) is 2.96. The standard InChI is InChI=1S/C18H19FN4.ClH/c1-11-7-13(8-15(22-11)12-5-3-2-4-6-12)18-21-10-16-17(23-18)14(19)9-20-16;/h2-6,9-11,13,15,20,22H,7-8H2,1H3;1H. The average molecular weight is 347 g/mol. The summed E-state index contributed by atoms with van der Waals surface area (Å²) in [7, 11) is 0. The Balaban J connectivity index is 0.00000169. The van der Waals surface area contributed by atoms with Crippen LogP contribution >= 0.6 is 12.4 Å². The number of hydrogen-bond donors (Lipinski definition) is 2. The van der Waals surface area contributed by atoms with Crippen molar-refractivity contribution in [2.75, 3.05) is 0 Å². The molecule has 1 aliphatic heterocycles. The molecule has 0 saturated carbocycles. The Morgan fingerprint density at radius 3 is 2.75 bits per heavy atom. The molecule has 0 spiro atoms. The lowest BCUT2D eigenvalue weighted by atomic mass is 9.85. The molecule has 2 aromatic heterocycles. The molecule has 0 bridgehead atoms. The van der Waals surface area contributed by atoms with E-state index in [-0.39, 0.29) is 30.2 Å². The van der Waals surface area contributed by atoms with Gasteiger partial charge in [0.2, 0.25) is 0 Å². The van der Waals surface area contributed by atoms with Crippen LogP contribution in [0, 0.1) is 5.82 Å². The number of aromatic nitrogens is 3. The van der Waals surface area contributed by atoms with Crippen LogP contribution in [0.15, 0.2) is 42.7 Å². The normalized spacial score (nSPS) is 23.8. The minimum atomic E-state index is -0.315. The van der Waals surface area contributed by atoms with Crippen LogP contribution < -0.4 is 5.32 Å². The molecule has 0 aliphatic carbocycles. The van der Waals surface area contributed by atoms with Crippen molar-refractivity contribution in [3.63, 3.8) is 0 Å². The third kappa shape index (κ3) is 3.14. The van der Waals surface area contributed by atoms with E-state index in [4.69, 9.17) is 0 Å². The van der Waals surface area contributed by atoms with Gasteiger partial charge >= 0.3 is 0 Å². The van der Waals surface area contributed by atoms with Crippen molar-refractivity contribution in [1.82, 2.24) is 20.3 Å². The van der Waals surface area contributed by atoms with Crippen LogP contribution in [0.3, 0.4) is 0 Å². The van der Waals surface area contributed by atoms with Crippen molar-refractivity contribution in [3.05, 3.63) is 59.9 Å². The second kappa shape index (κ2) is 6.87. The molecule has 3 heterocycles. The second-order valence-corrected chi connectivity index (χ2v) is 6.33. The molecule has 1 aromatic carbocycles. The second-order valence-electron chi connectivity index (χ2n) is 6.33. The van der Waals surface area contributed by atoms with E-state index in [2.05, 4.69) is 51.5 Å². The van der Waals surface area contributed by atoms with Gasteiger partial charge < -0.3 is 10.3 Å². The molecule has 3 unspecified atom stereocenters. The Bertz CT molecular complexity index is 820. The molecule has 24 heavy (non-hydrogen) atoms. The number of halogens is 2. The summed E-state index contributed by atoms with van der Waals surface area (Å²) < 4.78 is 13.8. The third-order valence-electron chi connectivity index (χ3n) is 4.60. The first kappa shape index (κ1) is 16.9. The van der Waals surface area contributed by atoms with Gasteiger partial charge in [0, 0.05) is 24.2 Å². The first-order chi connectivity index (χ1) is 11.2. The summed E-state index contributed by atoms with van der Waals surface area (Å²) in [5.41, 5.74) is 2.31. The van der Waals surface area contributed by atoms with Gasteiger partial charge in [-0.25, -0.2) is 14.4 Å². The first-order valence-corrected chi connectivity index (χ1v) is 8.01. The van der Waals surface area contributed by atoms with Gasteiger partial charge in [0.25, 0.3) is 0 Å². The van der Waals surface area contributed by atoms with Crippen LogP contribution in [0.25, 0.3) is 11.0 Å². The fraction of sp³-hybridized carbons (Fsp3) is 0.333. The number of aromatic amines is 1. The maximum absolute atomic E-state index is 13.8. The highest BCUT2D eigenvalue weighted by Crippen LogP contribution is 2.35. The number of piperidine rings is 1. The summed E-state index contributed by atoms with van der Waals surface area (Å²) >= 11 is 0. The van der Waals surface area contributed by atoms with Crippen molar-refractivity contribution in [2.45, 2.75) is 37.8 Å². The molecule has 3 aromatic rings. The van der Waals surface area contributed by atoms with E-state index in [1.807, 2.05) is 6.07 Å². The van der Waals surface area contributed by atoms with Crippen LogP contribution in [0.1, 0.15) is 43.1 Å². The highest BCUT2D eigenvalue weighted by molar-refractivity contribution is 5.85. The SMILES string of the molecule is CC1CC(c2ncc3[nH]cc(F)c3n2)CC(c2ccccc2)N1.Cl. The zero-order valence-electron chi connectivity index (χ0n) is 13.4. The molecule has 4 rings (SSSR count). The molecule has 0 radical (unpaired) electrons. The monoisotopic (exact) mass is 346 g/mol. The molecule has 4 nitrogen and oxygen atoms in total. The molecule has 1 aliphatic rings. The highest BCUT2D eigenvalue weighted by atomic mass is 35.5. The number of rotatable bonds is 2. The maximum Gasteiger partial charge on any atom is 0.167 e. The van der Waals surface area contributed by atoms with Crippen LogP contribution in [-0.4, -0.2) is 21.0 Å². The smallest absolute Gasteiger partial charge is 0.167 e. The van der Waals surface area contributed by atoms with E-state index >= 15 is 0 Å². The molecular weight excluding hydrogens is 327 g/mol. The summed E-state index contributed by atoms with van der Waals surface area (Å²) in [4.78, 5) is 11.8. The molecule has 6 heteroatoms. The van der Waals surface area contributed by atoms with E-state index in [9.17, 15) is 4.39 Å². The van der Waals surface area contributed by atoms with Crippen LogP contribution in [0.5, 0.6) is 0 Å². The predicted molar refractivity (Wildman–Crippen MR) is 94.9 cm³/mol. The summed E-state index contributed by atoms with van der Waals surface area (Å²) in [5, 5.41) is 3.64. The Morgan fingerprint density at radius 1 is 1.17 bits per heavy atom. The molecule has 126 valence electrons. The Morgan fingerprint density at radius 2 is 1.96 bits per heavy atom. The van der Waals surface area contributed by atoms with Crippen molar-refractivity contribution < 1.29 is 4.39 Å². The fourth-order valence-electron chi connectivity index (χ4n) is 3.50. The largest absolute Gasteiger partial charge is 0.356 e. The Hall–Kier alpha value is -1.98. The quantitative estimate of drug-likeness (QED) is 0.734. The van der Waals surface area contributed by atoms with Crippen molar-refractivity contribution >= 4 is 23.4 Å². The van der Waals surface area contributed by atoms with Crippen LogP contribution in [-0.2, 0) is 0 Å².